The maximum Gasteiger partial charge on any atom is 0.290 e. The minimum absolute atomic E-state index is 0.0483. The Morgan fingerprint density at radius 2 is 1.72 bits per heavy atom. The molecule has 0 radical (unpaired) electrons. The van der Waals surface area contributed by atoms with Gasteiger partial charge in [-0.25, -0.2) is 4.98 Å². The molecule has 8 nitrogen and oxygen atoms in total. The van der Waals surface area contributed by atoms with Gasteiger partial charge in [-0.1, -0.05) is 20.8 Å². The summed E-state index contributed by atoms with van der Waals surface area (Å²) >= 11 is 0. The second kappa shape index (κ2) is 10.2. The fraction of sp³-hybridized carbons (Fsp3) is 0.700. The summed E-state index contributed by atoms with van der Waals surface area (Å²) in [5, 5.41) is 0.204. The highest BCUT2D eigenvalue weighted by molar-refractivity contribution is 6.74. The molecule has 1 saturated heterocycles. The maximum atomic E-state index is 13.6. The number of aryl methyl sites for hydroxylation is 1. The van der Waals surface area contributed by atoms with E-state index in [1.54, 1.807) is 4.90 Å². The van der Waals surface area contributed by atoms with Gasteiger partial charge in [0.25, 0.3) is 5.91 Å². The van der Waals surface area contributed by atoms with Crippen molar-refractivity contribution in [2.24, 2.45) is 7.05 Å². The first-order valence-corrected chi connectivity index (χ1v) is 17.6. The number of nitrogens with zero attached hydrogens (tertiary/aromatic N) is 5. The molecule has 9 heteroatoms. The van der Waals surface area contributed by atoms with Gasteiger partial charge in [-0.05, 0) is 80.3 Å². The highest BCUT2D eigenvalue weighted by atomic mass is 28.4. The number of hydrogen-bond acceptors (Lipinski definition) is 5. The molecular weight excluding hydrogens is 506 g/mol. The van der Waals surface area contributed by atoms with E-state index < -0.39 is 8.32 Å². The van der Waals surface area contributed by atoms with Crippen molar-refractivity contribution in [3.8, 4) is 0 Å². The first-order chi connectivity index (χ1) is 18.3. The van der Waals surface area contributed by atoms with Crippen LogP contribution in [-0.2, 0) is 16.3 Å². The number of fused-ring (bicyclic) bond motifs is 1. The molecule has 0 atom stereocenters. The molecule has 2 amide bonds. The number of rotatable bonds is 6. The first kappa shape index (κ1) is 28.1. The highest BCUT2D eigenvalue weighted by Gasteiger charge is 2.41. The Bertz CT molecular complexity index is 1250. The first-order valence-electron chi connectivity index (χ1n) is 14.7. The molecule has 0 N–H and O–H groups in total. The molecule has 214 valence electrons. The molecule has 1 aromatic heterocycles. The molecule has 0 unspecified atom stereocenters. The molecule has 2 aromatic rings. The van der Waals surface area contributed by atoms with Crippen molar-refractivity contribution < 1.29 is 14.0 Å². The van der Waals surface area contributed by atoms with Crippen molar-refractivity contribution in [2.75, 3.05) is 38.6 Å². The molecule has 3 fully saturated rings. The van der Waals surface area contributed by atoms with Crippen molar-refractivity contribution in [2.45, 2.75) is 95.5 Å². The van der Waals surface area contributed by atoms with Gasteiger partial charge in [0.1, 0.15) is 12.1 Å². The number of imidazole rings is 1. The lowest BCUT2D eigenvalue weighted by molar-refractivity contribution is -0.138. The molecule has 0 spiro atoms. The van der Waals surface area contributed by atoms with Crippen LogP contribution in [0.3, 0.4) is 0 Å². The monoisotopic (exact) mass is 553 g/mol. The van der Waals surface area contributed by atoms with E-state index in [2.05, 4.69) is 50.9 Å². The molecular formula is C30H47N5O3Si. The zero-order valence-corrected chi connectivity index (χ0v) is 26.2. The summed E-state index contributed by atoms with van der Waals surface area (Å²) in [6.45, 7) is 12.7. The third-order valence-electron chi connectivity index (χ3n) is 9.61. The zero-order valence-electron chi connectivity index (χ0n) is 25.2. The molecule has 5 rings (SSSR count). The van der Waals surface area contributed by atoms with E-state index >= 15 is 0 Å². The lowest BCUT2D eigenvalue weighted by Gasteiger charge is -2.44. The van der Waals surface area contributed by atoms with Gasteiger partial charge in [0.05, 0.1) is 11.2 Å². The lowest BCUT2D eigenvalue weighted by Crippen LogP contribution is -2.56. The number of aromatic nitrogens is 2. The number of carbonyl (C=O) groups is 2. The Hall–Kier alpha value is -2.39. The number of benzene rings is 1. The summed E-state index contributed by atoms with van der Waals surface area (Å²) < 4.78 is 8.57. The summed E-state index contributed by atoms with van der Waals surface area (Å²) in [6.07, 6.45) is 6.69. The Kier molecular flexibility index (Phi) is 7.37. The fourth-order valence-electron chi connectivity index (χ4n) is 5.93. The SMILES string of the molecule is CN(C)c1cc(C2CC2)cc2c1nc(C(=O)N1CCN([C@H]3CC[C@H](O[Si](C)(C)C(C)(C)C)CC3)C(=O)C1)n2C. The molecule has 1 aromatic carbocycles. The van der Waals surface area contributed by atoms with Crippen molar-refractivity contribution >= 4 is 36.9 Å². The average molecular weight is 554 g/mol. The lowest BCUT2D eigenvalue weighted by atomic mass is 9.91. The Balaban J connectivity index is 1.24. The predicted molar refractivity (Wildman–Crippen MR) is 159 cm³/mol. The summed E-state index contributed by atoms with van der Waals surface area (Å²) in [6, 6.07) is 4.65. The van der Waals surface area contributed by atoms with Crippen LogP contribution in [-0.4, -0.2) is 85.4 Å². The van der Waals surface area contributed by atoms with Gasteiger partial charge in [-0.2, -0.15) is 0 Å². The summed E-state index contributed by atoms with van der Waals surface area (Å²) in [5.74, 6) is 0.908. The van der Waals surface area contributed by atoms with Crippen LogP contribution in [0.1, 0.15) is 81.4 Å². The third kappa shape index (κ3) is 5.49. The van der Waals surface area contributed by atoms with Crippen molar-refractivity contribution in [1.29, 1.82) is 0 Å². The molecule has 39 heavy (non-hydrogen) atoms. The second-order valence-corrected chi connectivity index (χ2v) is 18.4. The number of amides is 2. The van der Waals surface area contributed by atoms with Gasteiger partial charge in [0.2, 0.25) is 5.91 Å². The summed E-state index contributed by atoms with van der Waals surface area (Å²) in [5.41, 5.74) is 4.18. The molecule has 1 aliphatic heterocycles. The van der Waals surface area contributed by atoms with E-state index in [0.717, 1.165) is 42.4 Å². The van der Waals surface area contributed by atoms with Crippen LogP contribution in [0.4, 0.5) is 5.69 Å². The van der Waals surface area contributed by atoms with Crippen LogP contribution in [0.5, 0.6) is 0 Å². The van der Waals surface area contributed by atoms with E-state index in [1.807, 2.05) is 30.6 Å². The van der Waals surface area contributed by atoms with E-state index in [1.165, 1.54) is 18.4 Å². The molecule has 0 bridgehead atoms. The molecule has 2 aliphatic carbocycles. The van der Waals surface area contributed by atoms with Crippen LogP contribution >= 0.6 is 0 Å². The molecule has 2 saturated carbocycles. The second-order valence-electron chi connectivity index (χ2n) is 13.7. The van der Waals surface area contributed by atoms with E-state index in [-0.39, 0.29) is 29.4 Å². The normalized spacial score (nSPS) is 23.0. The third-order valence-corrected chi connectivity index (χ3v) is 14.1. The van der Waals surface area contributed by atoms with Crippen molar-refractivity contribution in [3.05, 3.63) is 23.5 Å². The fourth-order valence-corrected chi connectivity index (χ4v) is 7.35. The Morgan fingerprint density at radius 3 is 2.28 bits per heavy atom. The van der Waals surface area contributed by atoms with E-state index in [4.69, 9.17) is 9.41 Å². The highest BCUT2D eigenvalue weighted by Crippen LogP contribution is 2.43. The number of hydrogen-bond donors (Lipinski definition) is 0. The van der Waals surface area contributed by atoms with Gasteiger partial charge >= 0.3 is 0 Å². The Morgan fingerprint density at radius 1 is 1.05 bits per heavy atom. The van der Waals surface area contributed by atoms with Gasteiger partial charge < -0.3 is 23.7 Å². The topological polar surface area (TPSA) is 70.9 Å². The minimum Gasteiger partial charge on any atom is -0.414 e. The Labute approximate surface area is 234 Å². The predicted octanol–water partition coefficient (Wildman–Crippen LogP) is 5.13. The van der Waals surface area contributed by atoms with Crippen LogP contribution in [0, 0.1) is 0 Å². The van der Waals surface area contributed by atoms with Crippen molar-refractivity contribution in [1.82, 2.24) is 19.4 Å². The van der Waals surface area contributed by atoms with Crippen LogP contribution in [0.25, 0.3) is 11.0 Å². The number of piperazine rings is 1. The standard InChI is InChI=1S/C30H47N5O3Si/c1-30(2,3)39(7,8)38-23-13-11-22(12-14-23)35-16-15-34(19-26(35)36)29(37)28-31-27-24(32(4)5)17-21(20-9-10-20)18-25(27)33(28)6/h17-18,20,22-23H,9-16,19H2,1-8H3/t22-,23-. The van der Waals surface area contributed by atoms with E-state index in [0.29, 0.717) is 30.9 Å². The maximum absolute atomic E-state index is 13.6. The molecule has 2 heterocycles. The zero-order chi connectivity index (χ0) is 28.3. The van der Waals surface area contributed by atoms with Crippen LogP contribution < -0.4 is 4.90 Å². The largest absolute Gasteiger partial charge is 0.414 e. The number of anilines is 1. The van der Waals surface area contributed by atoms with Crippen molar-refractivity contribution in [3.63, 3.8) is 0 Å². The van der Waals surface area contributed by atoms with Gasteiger partial charge in [-0.3, -0.25) is 9.59 Å². The van der Waals surface area contributed by atoms with Gasteiger partial charge in [-0.15, -0.1) is 0 Å². The summed E-state index contributed by atoms with van der Waals surface area (Å²) in [4.78, 5) is 37.5. The van der Waals surface area contributed by atoms with Crippen LogP contribution in [0.2, 0.25) is 18.1 Å². The van der Waals surface area contributed by atoms with Gasteiger partial charge in [0, 0.05) is 46.4 Å². The molecule has 3 aliphatic rings. The van der Waals surface area contributed by atoms with E-state index in [9.17, 15) is 9.59 Å². The smallest absolute Gasteiger partial charge is 0.290 e. The quantitative estimate of drug-likeness (QED) is 0.464. The average Bonchev–Trinajstić information content (AvgIpc) is 3.66. The summed E-state index contributed by atoms with van der Waals surface area (Å²) in [7, 11) is 4.17. The van der Waals surface area contributed by atoms with Crippen LogP contribution in [0.15, 0.2) is 12.1 Å². The minimum atomic E-state index is -1.79. The number of carbonyl (C=O) groups excluding carboxylic acids is 2. The van der Waals surface area contributed by atoms with Gasteiger partial charge in [0.15, 0.2) is 14.1 Å².